The minimum Gasteiger partial charge on any atom is -0.481 e. The highest BCUT2D eigenvalue weighted by atomic mass is 16.4. The smallest absolute Gasteiger partial charge is 0.306 e. The van der Waals surface area contributed by atoms with Gasteiger partial charge in [-0.25, -0.2) is 0 Å². The number of hydrogen-bond acceptors (Lipinski definition) is 6. The molecule has 0 radical (unpaired) electrons. The molecule has 0 spiro atoms. The van der Waals surface area contributed by atoms with Gasteiger partial charge in [-0.1, -0.05) is 19.4 Å². The maximum Gasteiger partial charge on any atom is 0.306 e. The molecule has 0 aromatic carbocycles. The Hall–Kier alpha value is -2.06. The van der Waals surface area contributed by atoms with Crippen LogP contribution in [0.15, 0.2) is 11.6 Å². The van der Waals surface area contributed by atoms with Crippen molar-refractivity contribution in [2.75, 3.05) is 0 Å². The molecule has 182 valence electrons. The second-order valence-corrected chi connectivity index (χ2v) is 11.2. The van der Waals surface area contributed by atoms with E-state index < -0.39 is 41.3 Å². The lowest BCUT2D eigenvalue weighted by atomic mass is 9.43. The monoisotopic (exact) mass is 462 g/mol. The average molecular weight is 463 g/mol. The van der Waals surface area contributed by atoms with Crippen LogP contribution in [0.2, 0.25) is 0 Å². The Morgan fingerprint density at radius 2 is 1.73 bits per heavy atom. The molecule has 0 aromatic heterocycles. The van der Waals surface area contributed by atoms with Gasteiger partial charge in [0.1, 0.15) is 11.7 Å². The Balaban J connectivity index is 1.72. The van der Waals surface area contributed by atoms with Crippen molar-refractivity contribution in [1.82, 2.24) is 0 Å². The van der Waals surface area contributed by atoms with E-state index in [9.17, 15) is 34.5 Å². The highest BCUT2D eigenvalue weighted by Gasteiger charge is 2.68. The molecule has 0 saturated heterocycles. The first-order valence-corrected chi connectivity index (χ1v) is 12.0. The highest BCUT2D eigenvalue weighted by Crippen LogP contribution is 2.69. The van der Waals surface area contributed by atoms with Crippen LogP contribution in [0.4, 0.5) is 0 Å². The molecular weight excluding hydrogens is 428 g/mol. The van der Waals surface area contributed by atoms with Gasteiger partial charge in [-0.15, -0.1) is 0 Å². The van der Waals surface area contributed by atoms with Crippen molar-refractivity contribution in [2.24, 2.45) is 34.5 Å². The molecule has 8 nitrogen and oxygen atoms in total. The van der Waals surface area contributed by atoms with E-state index in [0.29, 0.717) is 32.1 Å². The van der Waals surface area contributed by atoms with E-state index in [1.165, 1.54) is 0 Å². The minimum atomic E-state index is -1.84. The van der Waals surface area contributed by atoms with Gasteiger partial charge in [0.25, 0.3) is 0 Å². The molecule has 8 atom stereocenters. The van der Waals surface area contributed by atoms with E-state index in [1.807, 2.05) is 6.92 Å². The first-order valence-electron chi connectivity index (χ1n) is 12.0. The first kappa shape index (κ1) is 24.1. The Labute approximate surface area is 193 Å². The molecule has 0 bridgehead atoms. The topological polar surface area (TPSA) is 149 Å². The molecule has 4 rings (SSSR count). The lowest BCUT2D eigenvalue weighted by molar-refractivity contribution is -0.175. The second-order valence-electron chi connectivity index (χ2n) is 11.2. The maximum atomic E-state index is 13.1. The van der Waals surface area contributed by atoms with Crippen LogP contribution < -0.4 is 0 Å². The number of rotatable bonds is 6. The van der Waals surface area contributed by atoms with Crippen molar-refractivity contribution in [3.05, 3.63) is 11.6 Å². The number of carbonyl (C=O) groups is 4. The van der Waals surface area contributed by atoms with Gasteiger partial charge < -0.3 is 20.4 Å². The quantitative estimate of drug-likeness (QED) is 0.470. The molecule has 0 aromatic rings. The largest absolute Gasteiger partial charge is 0.481 e. The van der Waals surface area contributed by atoms with Crippen LogP contribution in [0, 0.1) is 34.5 Å². The third kappa shape index (κ3) is 3.57. The number of ketones is 2. The van der Waals surface area contributed by atoms with Crippen molar-refractivity contribution in [3.8, 4) is 0 Å². The average Bonchev–Trinajstić information content (AvgIpc) is 2.99. The summed E-state index contributed by atoms with van der Waals surface area (Å²) in [7, 11) is 0. The van der Waals surface area contributed by atoms with Crippen LogP contribution in [0.3, 0.4) is 0 Å². The molecule has 4 N–H and O–H groups in total. The Morgan fingerprint density at radius 3 is 2.36 bits per heavy atom. The van der Waals surface area contributed by atoms with Crippen molar-refractivity contribution in [2.45, 2.75) is 83.3 Å². The molecule has 0 heterocycles. The summed E-state index contributed by atoms with van der Waals surface area (Å²) in [6, 6.07) is 0. The van der Waals surface area contributed by atoms with Crippen molar-refractivity contribution in [3.63, 3.8) is 0 Å². The first-order chi connectivity index (χ1) is 15.3. The fraction of sp³-hybridized carbons (Fsp3) is 0.760. The highest BCUT2D eigenvalue weighted by molar-refractivity contribution is 5.94. The molecule has 33 heavy (non-hydrogen) atoms. The number of carboxylic acid groups (broad SMARTS) is 2. The lowest BCUT2D eigenvalue weighted by Crippen LogP contribution is -2.60. The van der Waals surface area contributed by atoms with Gasteiger partial charge in [-0.05, 0) is 73.7 Å². The van der Waals surface area contributed by atoms with E-state index in [-0.39, 0.29) is 47.7 Å². The van der Waals surface area contributed by atoms with Crippen LogP contribution in [0.25, 0.3) is 0 Å². The normalized spacial score (nSPS) is 43.0. The molecule has 4 aliphatic rings. The lowest BCUT2D eigenvalue weighted by Gasteiger charge is -2.61. The summed E-state index contributed by atoms with van der Waals surface area (Å²) in [5.41, 5.74) is -1.88. The number of aliphatic hydroxyl groups excluding tert-OH is 1. The van der Waals surface area contributed by atoms with E-state index in [0.717, 1.165) is 12.0 Å². The maximum absolute atomic E-state index is 13.1. The van der Waals surface area contributed by atoms with Crippen molar-refractivity contribution in [1.29, 1.82) is 0 Å². The summed E-state index contributed by atoms with van der Waals surface area (Å²) in [5.74, 6) is -3.18. The predicted molar refractivity (Wildman–Crippen MR) is 116 cm³/mol. The molecule has 0 aliphatic heterocycles. The standard InChI is InChI=1S/C25H34O8/c1-23-6-3-15(26)11-14(23)9-13(10-19(28)29)21-16(23)4-7-24(2)17(21)5-8-25(24,33)22(32)18(27)12-20(30)31/h11,13,16-18,21,27,33H,3-10,12H2,1-2H3,(H,28,29)(H,30,31)/t13?,16-,17-,18?,21+,23-,24-,25-/m0/s1. The fourth-order valence-electron chi connectivity index (χ4n) is 8.09. The molecule has 3 saturated carbocycles. The number of carboxylic acids is 2. The molecule has 2 unspecified atom stereocenters. The zero-order valence-electron chi connectivity index (χ0n) is 19.2. The molecule has 3 fully saturated rings. The molecule has 0 amide bonds. The number of carbonyl (C=O) groups excluding carboxylic acids is 2. The summed E-state index contributed by atoms with van der Waals surface area (Å²) in [4.78, 5) is 48.1. The van der Waals surface area contributed by atoms with E-state index in [1.54, 1.807) is 6.08 Å². The summed E-state index contributed by atoms with van der Waals surface area (Å²) in [6.07, 6.45) is 2.72. The van der Waals surface area contributed by atoms with Gasteiger partial charge in [0, 0.05) is 18.3 Å². The molecular formula is C25H34O8. The SMILES string of the molecule is C[C@]12CCC(=O)C=C1CC(CC(=O)O)[C@@H]1[C@@H]2CC[C@@]2(C)[C@H]1CC[C@]2(O)C(=O)C(O)CC(=O)O. The zero-order chi connectivity index (χ0) is 24.3. The Kier molecular flexibility index (Phi) is 5.85. The number of aliphatic hydroxyl groups is 2. The number of aliphatic carboxylic acids is 2. The van der Waals surface area contributed by atoms with E-state index in [4.69, 9.17) is 5.11 Å². The van der Waals surface area contributed by atoms with E-state index in [2.05, 4.69) is 6.92 Å². The summed E-state index contributed by atoms with van der Waals surface area (Å²) in [5, 5.41) is 40.5. The number of fused-ring (bicyclic) bond motifs is 5. The second kappa shape index (κ2) is 8.01. The van der Waals surface area contributed by atoms with Crippen molar-refractivity contribution >= 4 is 23.5 Å². The number of hydrogen-bond donors (Lipinski definition) is 4. The van der Waals surface area contributed by atoms with E-state index >= 15 is 0 Å². The fourth-order valence-corrected chi connectivity index (χ4v) is 8.09. The van der Waals surface area contributed by atoms with Gasteiger partial charge in [-0.2, -0.15) is 0 Å². The molecule has 4 aliphatic carbocycles. The van der Waals surface area contributed by atoms with Crippen LogP contribution in [-0.2, 0) is 19.2 Å². The van der Waals surface area contributed by atoms with Crippen LogP contribution in [-0.4, -0.2) is 55.6 Å². The van der Waals surface area contributed by atoms with Crippen molar-refractivity contribution < 1.29 is 39.6 Å². The van der Waals surface area contributed by atoms with Gasteiger partial charge in [0.15, 0.2) is 11.6 Å². The third-order valence-electron chi connectivity index (χ3n) is 9.80. The Bertz CT molecular complexity index is 923. The van der Waals surface area contributed by atoms with Gasteiger partial charge in [-0.3, -0.25) is 19.2 Å². The zero-order valence-corrected chi connectivity index (χ0v) is 19.2. The van der Waals surface area contributed by atoms with Crippen LogP contribution in [0.5, 0.6) is 0 Å². The Morgan fingerprint density at radius 1 is 1.06 bits per heavy atom. The summed E-state index contributed by atoms with van der Waals surface area (Å²) < 4.78 is 0. The van der Waals surface area contributed by atoms with Crippen LogP contribution in [0.1, 0.15) is 71.6 Å². The number of Topliss-reactive ketones (excluding diaryl/α,β-unsaturated/α-hetero) is 1. The summed E-state index contributed by atoms with van der Waals surface area (Å²) in [6.45, 7) is 4.02. The molecule has 8 heteroatoms. The third-order valence-corrected chi connectivity index (χ3v) is 9.80. The van der Waals surface area contributed by atoms with Crippen LogP contribution >= 0.6 is 0 Å². The number of allylic oxidation sites excluding steroid dienone is 1. The minimum absolute atomic E-state index is 0.0337. The predicted octanol–water partition coefficient (Wildman–Crippen LogP) is 2.35. The summed E-state index contributed by atoms with van der Waals surface area (Å²) >= 11 is 0. The van der Waals surface area contributed by atoms with Gasteiger partial charge in [0.2, 0.25) is 0 Å². The van der Waals surface area contributed by atoms with Gasteiger partial charge >= 0.3 is 11.9 Å². The van der Waals surface area contributed by atoms with Gasteiger partial charge in [0.05, 0.1) is 6.42 Å².